The number of piperidine rings is 2. The highest BCUT2D eigenvalue weighted by atomic mass is 16.3. The number of carbonyl (C=O) groups excluding carboxylic acids is 1. The molecule has 3 heterocycles. The van der Waals surface area contributed by atoms with Crippen LogP contribution in [0.2, 0.25) is 0 Å². The van der Waals surface area contributed by atoms with E-state index < -0.39 is 0 Å². The molecule has 2 unspecified atom stereocenters. The van der Waals surface area contributed by atoms with Gasteiger partial charge in [0, 0.05) is 52.1 Å². The number of aryl methyl sites for hydroxylation is 1. The van der Waals surface area contributed by atoms with Gasteiger partial charge in [-0.1, -0.05) is 0 Å². The van der Waals surface area contributed by atoms with E-state index in [2.05, 4.69) is 15.3 Å². The summed E-state index contributed by atoms with van der Waals surface area (Å²) in [5.41, 5.74) is 1.12. The molecule has 0 aromatic carbocycles. The number of nitrogens with one attached hydrogen (secondary N) is 1. The lowest BCUT2D eigenvalue weighted by Gasteiger charge is -2.37. The molecule has 1 aromatic rings. The van der Waals surface area contributed by atoms with Crippen molar-refractivity contribution in [2.24, 2.45) is 13.0 Å². The van der Waals surface area contributed by atoms with Gasteiger partial charge in [0.2, 0.25) is 0 Å². The van der Waals surface area contributed by atoms with Crippen molar-refractivity contribution in [3.05, 3.63) is 12.4 Å². The third kappa shape index (κ3) is 3.96. The quantitative estimate of drug-likeness (QED) is 0.864. The van der Waals surface area contributed by atoms with E-state index in [1.54, 1.807) is 4.68 Å². The minimum atomic E-state index is 0.0150. The first-order valence-electron chi connectivity index (χ1n) is 8.55. The van der Waals surface area contributed by atoms with Gasteiger partial charge in [-0.05, 0) is 31.6 Å². The van der Waals surface area contributed by atoms with Gasteiger partial charge in [0.25, 0.3) is 0 Å². The van der Waals surface area contributed by atoms with Crippen molar-refractivity contribution in [2.75, 3.05) is 37.7 Å². The third-order valence-corrected chi connectivity index (χ3v) is 4.87. The highest BCUT2D eigenvalue weighted by Crippen LogP contribution is 2.20. The molecule has 2 amide bonds. The molecule has 0 saturated carbocycles. The van der Waals surface area contributed by atoms with Crippen LogP contribution in [0.15, 0.2) is 12.4 Å². The first-order chi connectivity index (χ1) is 11.2. The Morgan fingerprint density at radius 2 is 2.17 bits per heavy atom. The van der Waals surface area contributed by atoms with Crippen molar-refractivity contribution in [3.63, 3.8) is 0 Å². The molecule has 3 rings (SSSR count). The minimum Gasteiger partial charge on any atom is -0.396 e. The van der Waals surface area contributed by atoms with E-state index in [4.69, 9.17) is 0 Å². The number of nitrogens with zero attached hydrogens (tertiary/aromatic N) is 4. The van der Waals surface area contributed by atoms with Crippen LogP contribution >= 0.6 is 0 Å². The Morgan fingerprint density at radius 3 is 2.91 bits per heavy atom. The molecule has 0 bridgehead atoms. The van der Waals surface area contributed by atoms with Crippen molar-refractivity contribution in [3.8, 4) is 0 Å². The standard InChI is InChI=1S/C16H27N5O2/c1-19-11-15(8-17-19)20-6-3-5-14(10-20)18-16(23)21-7-2-4-13(9-21)12-22/h8,11,13-14,22H,2-7,9-10,12H2,1H3,(H,18,23). The Kier molecular flexibility index (Phi) is 5.05. The zero-order valence-corrected chi connectivity index (χ0v) is 13.8. The topological polar surface area (TPSA) is 73.6 Å². The SMILES string of the molecule is Cn1cc(N2CCCC(NC(=O)N3CCCC(CO)C3)C2)cn1. The van der Waals surface area contributed by atoms with E-state index in [0.717, 1.165) is 51.0 Å². The van der Waals surface area contributed by atoms with Crippen LogP contribution in [0.1, 0.15) is 25.7 Å². The number of aliphatic hydroxyl groups is 1. The molecular weight excluding hydrogens is 294 g/mol. The Hall–Kier alpha value is -1.76. The van der Waals surface area contributed by atoms with E-state index >= 15 is 0 Å². The lowest BCUT2D eigenvalue weighted by molar-refractivity contribution is 0.127. The second-order valence-corrected chi connectivity index (χ2v) is 6.74. The molecule has 7 heteroatoms. The lowest BCUT2D eigenvalue weighted by atomic mass is 9.99. The predicted octanol–water partition coefficient (Wildman–Crippen LogP) is 0.803. The van der Waals surface area contributed by atoms with Gasteiger partial charge in [-0.25, -0.2) is 4.79 Å². The summed E-state index contributed by atoms with van der Waals surface area (Å²) in [5, 5.41) is 16.7. The number of aliphatic hydroxyl groups excluding tert-OH is 1. The van der Waals surface area contributed by atoms with Crippen LogP contribution in [0.25, 0.3) is 0 Å². The van der Waals surface area contributed by atoms with Crippen molar-refractivity contribution >= 4 is 11.7 Å². The summed E-state index contributed by atoms with van der Waals surface area (Å²) in [6, 6.07) is 0.187. The average Bonchev–Trinajstić information content (AvgIpc) is 3.02. The van der Waals surface area contributed by atoms with E-state index in [0.29, 0.717) is 6.54 Å². The molecule has 0 aliphatic carbocycles. The lowest BCUT2D eigenvalue weighted by Crippen LogP contribution is -2.53. The fourth-order valence-electron chi connectivity index (χ4n) is 3.57. The monoisotopic (exact) mass is 321 g/mol. The summed E-state index contributed by atoms with van der Waals surface area (Å²) in [6.07, 6.45) is 7.96. The molecule has 0 spiro atoms. The fourth-order valence-corrected chi connectivity index (χ4v) is 3.57. The zero-order valence-electron chi connectivity index (χ0n) is 13.8. The Balaban J connectivity index is 1.54. The van der Waals surface area contributed by atoms with Gasteiger partial charge >= 0.3 is 6.03 Å². The average molecular weight is 321 g/mol. The third-order valence-electron chi connectivity index (χ3n) is 4.87. The summed E-state index contributed by atoms with van der Waals surface area (Å²) in [5.74, 6) is 0.229. The number of aromatic nitrogens is 2. The van der Waals surface area contributed by atoms with Crippen LogP contribution < -0.4 is 10.2 Å². The van der Waals surface area contributed by atoms with E-state index in [-0.39, 0.29) is 24.6 Å². The van der Waals surface area contributed by atoms with Gasteiger partial charge in [-0.2, -0.15) is 5.10 Å². The molecule has 2 saturated heterocycles. The second-order valence-electron chi connectivity index (χ2n) is 6.74. The zero-order chi connectivity index (χ0) is 16.2. The van der Waals surface area contributed by atoms with Crippen LogP contribution in [0, 0.1) is 5.92 Å². The normalized spacial score (nSPS) is 25.5. The molecule has 23 heavy (non-hydrogen) atoms. The molecule has 2 fully saturated rings. The van der Waals surface area contributed by atoms with Crippen molar-refractivity contribution < 1.29 is 9.90 Å². The maximum atomic E-state index is 12.5. The number of urea groups is 1. The number of anilines is 1. The highest BCUT2D eigenvalue weighted by molar-refractivity contribution is 5.74. The van der Waals surface area contributed by atoms with Crippen LogP contribution in [0.3, 0.4) is 0 Å². The second kappa shape index (κ2) is 7.21. The Bertz CT molecular complexity index is 532. The van der Waals surface area contributed by atoms with Crippen molar-refractivity contribution in [1.29, 1.82) is 0 Å². The first kappa shape index (κ1) is 16.1. The molecule has 1 aromatic heterocycles. The van der Waals surface area contributed by atoms with Crippen LogP contribution in [-0.2, 0) is 7.05 Å². The van der Waals surface area contributed by atoms with Gasteiger partial charge in [-0.15, -0.1) is 0 Å². The molecule has 128 valence electrons. The van der Waals surface area contributed by atoms with Crippen molar-refractivity contribution in [2.45, 2.75) is 31.7 Å². The number of carbonyl (C=O) groups is 1. The van der Waals surface area contributed by atoms with E-state index in [1.165, 1.54) is 0 Å². The number of likely N-dealkylation sites (tertiary alicyclic amines) is 1. The van der Waals surface area contributed by atoms with Gasteiger partial charge in [0.15, 0.2) is 0 Å². The molecule has 2 aliphatic heterocycles. The molecular formula is C16H27N5O2. The highest BCUT2D eigenvalue weighted by Gasteiger charge is 2.27. The number of rotatable bonds is 3. The largest absolute Gasteiger partial charge is 0.396 e. The smallest absolute Gasteiger partial charge is 0.317 e. The summed E-state index contributed by atoms with van der Waals surface area (Å²) in [4.78, 5) is 16.6. The van der Waals surface area contributed by atoms with Gasteiger partial charge in [0.1, 0.15) is 0 Å². The van der Waals surface area contributed by atoms with E-state index in [1.807, 2.05) is 24.3 Å². The fraction of sp³-hybridized carbons (Fsp3) is 0.750. The van der Waals surface area contributed by atoms with Crippen LogP contribution in [0.5, 0.6) is 0 Å². The van der Waals surface area contributed by atoms with Crippen LogP contribution in [-0.4, -0.2) is 64.6 Å². The molecule has 2 atom stereocenters. The predicted molar refractivity (Wildman–Crippen MR) is 88.4 cm³/mol. The summed E-state index contributed by atoms with van der Waals surface area (Å²) < 4.78 is 1.81. The Labute approximate surface area is 137 Å². The minimum absolute atomic E-state index is 0.0150. The van der Waals surface area contributed by atoms with Gasteiger partial charge < -0.3 is 20.2 Å². The first-order valence-corrected chi connectivity index (χ1v) is 8.55. The summed E-state index contributed by atoms with van der Waals surface area (Å²) >= 11 is 0. The molecule has 0 radical (unpaired) electrons. The summed E-state index contributed by atoms with van der Waals surface area (Å²) in [7, 11) is 1.92. The number of amides is 2. The number of hydrogen-bond acceptors (Lipinski definition) is 4. The van der Waals surface area contributed by atoms with Gasteiger partial charge in [-0.3, -0.25) is 4.68 Å². The summed E-state index contributed by atoms with van der Waals surface area (Å²) in [6.45, 7) is 3.47. The van der Waals surface area contributed by atoms with Crippen molar-refractivity contribution in [1.82, 2.24) is 20.0 Å². The molecule has 2 N–H and O–H groups in total. The van der Waals surface area contributed by atoms with Gasteiger partial charge in [0.05, 0.1) is 11.9 Å². The molecule has 2 aliphatic rings. The number of hydrogen-bond donors (Lipinski definition) is 2. The van der Waals surface area contributed by atoms with E-state index in [9.17, 15) is 9.90 Å². The molecule has 7 nitrogen and oxygen atoms in total. The maximum Gasteiger partial charge on any atom is 0.317 e. The van der Waals surface area contributed by atoms with Crippen LogP contribution in [0.4, 0.5) is 10.5 Å². The Morgan fingerprint density at radius 1 is 1.35 bits per heavy atom. The maximum absolute atomic E-state index is 12.5.